The number of nitrogens with one attached hydrogen (secondary N) is 2. The molecule has 0 aliphatic heterocycles. The first kappa shape index (κ1) is 19.6. The predicted molar refractivity (Wildman–Crippen MR) is 83.4 cm³/mol. The molecular formula is C12H20Cl2N2O3S. The van der Waals surface area contributed by atoms with Gasteiger partial charge < -0.3 is 10.1 Å². The fraction of sp³-hybridized carbons (Fsp3) is 0.500. The van der Waals surface area contributed by atoms with Crippen LogP contribution in [0.2, 0.25) is 5.02 Å². The molecule has 0 saturated carbocycles. The standard InChI is InChI=1S/C12H19ClN2O3S.ClH/c1-10-9-11(13)3-4-12(10)19(16,17)15-6-5-14-7-8-18-2;/h3-4,9,14-15H,5-8H2,1-2H3;1H. The molecule has 1 aromatic rings. The van der Waals surface area contributed by atoms with Crippen molar-refractivity contribution < 1.29 is 13.2 Å². The first-order valence-corrected chi connectivity index (χ1v) is 7.79. The number of ether oxygens (including phenoxy) is 1. The summed E-state index contributed by atoms with van der Waals surface area (Å²) in [5.74, 6) is 0. The van der Waals surface area contributed by atoms with Gasteiger partial charge in [0.15, 0.2) is 0 Å². The van der Waals surface area contributed by atoms with E-state index in [4.69, 9.17) is 16.3 Å². The second kappa shape index (κ2) is 9.55. The Hall–Kier alpha value is -0.370. The lowest BCUT2D eigenvalue weighted by atomic mass is 10.2. The van der Waals surface area contributed by atoms with E-state index in [-0.39, 0.29) is 17.3 Å². The third-order valence-electron chi connectivity index (χ3n) is 2.50. The summed E-state index contributed by atoms with van der Waals surface area (Å²) >= 11 is 5.81. The number of aryl methyl sites for hydroxylation is 1. The number of hydrogen-bond donors (Lipinski definition) is 2. The zero-order valence-corrected chi connectivity index (χ0v) is 13.9. The van der Waals surface area contributed by atoms with Crippen molar-refractivity contribution in [2.45, 2.75) is 11.8 Å². The van der Waals surface area contributed by atoms with Crippen LogP contribution in [0.4, 0.5) is 0 Å². The van der Waals surface area contributed by atoms with Crippen LogP contribution >= 0.6 is 24.0 Å². The number of methoxy groups -OCH3 is 1. The smallest absolute Gasteiger partial charge is 0.240 e. The summed E-state index contributed by atoms with van der Waals surface area (Å²) in [6, 6.07) is 4.71. The highest BCUT2D eigenvalue weighted by molar-refractivity contribution is 7.89. The molecule has 0 aliphatic rings. The van der Waals surface area contributed by atoms with Crippen LogP contribution in [-0.2, 0) is 14.8 Å². The zero-order valence-electron chi connectivity index (χ0n) is 11.5. The summed E-state index contributed by atoms with van der Waals surface area (Å²) in [6.07, 6.45) is 0. The lowest BCUT2D eigenvalue weighted by molar-refractivity contribution is 0.199. The lowest BCUT2D eigenvalue weighted by Gasteiger charge is -2.10. The Morgan fingerprint density at radius 3 is 2.55 bits per heavy atom. The van der Waals surface area contributed by atoms with Gasteiger partial charge in [0.25, 0.3) is 0 Å². The first-order chi connectivity index (χ1) is 8.97. The van der Waals surface area contributed by atoms with Gasteiger partial charge in [0, 0.05) is 31.8 Å². The van der Waals surface area contributed by atoms with Crippen molar-refractivity contribution in [3.05, 3.63) is 28.8 Å². The third kappa shape index (κ3) is 6.39. The topological polar surface area (TPSA) is 67.4 Å². The van der Waals surface area contributed by atoms with E-state index in [1.807, 2.05) is 0 Å². The van der Waals surface area contributed by atoms with Crippen LogP contribution in [0.15, 0.2) is 23.1 Å². The minimum absolute atomic E-state index is 0. The van der Waals surface area contributed by atoms with Gasteiger partial charge >= 0.3 is 0 Å². The number of rotatable bonds is 8. The summed E-state index contributed by atoms with van der Waals surface area (Å²) in [4.78, 5) is 0.258. The van der Waals surface area contributed by atoms with Gasteiger partial charge in [-0.3, -0.25) is 0 Å². The molecule has 0 unspecified atom stereocenters. The Kier molecular flexibility index (Phi) is 9.37. The van der Waals surface area contributed by atoms with E-state index in [0.29, 0.717) is 36.8 Å². The van der Waals surface area contributed by atoms with E-state index in [2.05, 4.69) is 10.0 Å². The predicted octanol–water partition coefficient (Wildman–Crippen LogP) is 1.58. The Labute approximate surface area is 131 Å². The highest BCUT2D eigenvalue weighted by Crippen LogP contribution is 2.19. The molecule has 0 amide bonds. The highest BCUT2D eigenvalue weighted by atomic mass is 35.5. The molecule has 116 valence electrons. The van der Waals surface area contributed by atoms with E-state index < -0.39 is 10.0 Å². The van der Waals surface area contributed by atoms with Crippen LogP contribution in [0.5, 0.6) is 0 Å². The molecule has 0 heterocycles. The van der Waals surface area contributed by atoms with E-state index in [9.17, 15) is 8.42 Å². The highest BCUT2D eigenvalue weighted by Gasteiger charge is 2.15. The van der Waals surface area contributed by atoms with Gasteiger partial charge in [-0.25, -0.2) is 13.1 Å². The molecule has 0 aromatic heterocycles. The second-order valence-corrected chi connectivity index (χ2v) is 6.22. The SMILES string of the molecule is COCCNCCNS(=O)(=O)c1ccc(Cl)cc1C.Cl. The maximum absolute atomic E-state index is 12.0. The number of halogens is 2. The van der Waals surface area contributed by atoms with Crippen LogP contribution in [0.1, 0.15) is 5.56 Å². The fourth-order valence-electron chi connectivity index (χ4n) is 1.57. The first-order valence-electron chi connectivity index (χ1n) is 5.93. The Morgan fingerprint density at radius 2 is 1.95 bits per heavy atom. The number of benzene rings is 1. The van der Waals surface area contributed by atoms with Gasteiger partial charge in [-0.1, -0.05) is 11.6 Å². The largest absolute Gasteiger partial charge is 0.383 e. The van der Waals surface area contributed by atoms with Crippen molar-refractivity contribution in [2.75, 3.05) is 33.4 Å². The number of hydrogen-bond acceptors (Lipinski definition) is 4. The minimum Gasteiger partial charge on any atom is -0.383 e. The molecule has 0 spiro atoms. The average molecular weight is 343 g/mol. The minimum atomic E-state index is -3.48. The quantitative estimate of drug-likeness (QED) is 0.704. The third-order valence-corrected chi connectivity index (χ3v) is 4.36. The van der Waals surface area contributed by atoms with E-state index in [1.165, 1.54) is 6.07 Å². The maximum Gasteiger partial charge on any atom is 0.240 e. The molecule has 0 saturated heterocycles. The Morgan fingerprint density at radius 1 is 1.25 bits per heavy atom. The van der Waals surface area contributed by atoms with Crippen molar-refractivity contribution in [1.29, 1.82) is 0 Å². The second-order valence-electron chi connectivity index (χ2n) is 4.05. The van der Waals surface area contributed by atoms with Crippen molar-refractivity contribution in [2.24, 2.45) is 0 Å². The van der Waals surface area contributed by atoms with Gasteiger partial charge in [0.2, 0.25) is 10.0 Å². The molecule has 20 heavy (non-hydrogen) atoms. The molecule has 0 atom stereocenters. The van der Waals surface area contributed by atoms with Gasteiger partial charge in [-0.15, -0.1) is 12.4 Å². The fourth-order valence-corrected chi connectivity index (χ4v) is 3.05. The van der Waals surface area contributed by atoms with Crippen LogP contribution in [-0.4, -0.2) is 41.8 Å². The van der Waals surface area contributed by atoms with Crippen LogP contribution in [0.3, 0.4) is 0 Å². The average Bonchev–Trinajstić information content (AvgIpc) is 2.33. The molecule has 0 radical (unpaired) electrons. The van der Waals surface area contributed by atoms with Gasteiger partial charge in [0.05, 0.1) is 11.5 Å². The van der Waals surface area contributed by atoms with Gasteiger partial charge in [-0.05, 0) is 30.7 Å². The van der Waals surface area contributed by atoms with Crippen molar-refractivity contribution >= 4 is 34.0 Å². The van der Waals surface area contributed by atoms with Gasteiger partial charge in [-0.2, -0.15) is 0 Å². The van der Waals surface area contributed by atoms with E-state index in [0.717, 1.165) is 0 Å². The summed E-state index contributed by atoms with van der Waals surface area (Å²) in [7, 11) is -1.86. The summed E-state index contributed by atoms with van der Waals surface area (Å²) < 4.78 is 31.5. The normalized spacial score (nSPS) is 11.2. The van der Waals surface area contributed by atoms with Crippen LogP contribution in [0, 0.1) is 6.92 Å². The van der Waals surface area contributed by atoms with Crippen LogP contribution < -0.4 is 10.0 Å². The molecule has 0 bridgehead atoms. The number of sulfonamides is 1. The maximum atomic E-state index is 12.0. The molecule has 0 fully saturated rings. The zero-order chi connectivity index (χ0) is 14.3. The Balaban J connectivity index is 0.00000361. The molecule has 1 rings (SSSR count). The molecule has 8 heteroatoms. The summed E-state index contributed by atoms with van der Waals surface area (Å²) in [5, 5.41) is 3.59. The molecule has 1 aromatic carbocycles. The van der Waals surface area contributed by atoms with Crippen molar-refractivity contribution in [3.63, 3.8) is 0 Å². The summed E-state index contributed by atoms with van der Waals surface area (Å²) in [5.41, 5.74) is 0.632. The molecule has 0 aliphatic carbocycles. The monoisotopic (exact) mass is 342 g/mol. The van der Waals surface area contributed by atoms with E-state index >= 15 is 0 Å². The molecule has 2 N–H and O–H groups in total. The van der Waals surface area contributed by atoms with Crippen molar-refractivity contribution in [1.82, 2.24) is 10.0 Å². The van der Waals surface area contributed by atoms with Crippen LogP contribution in [0.25, 0.3) is 0 Å². The Bertz CT molecular complexity index is 509. The van der Waals surface area contributed by atoms with Gasteiger partial charge in [0.1, 0.15) is 0 Å². The van der Waals surface area contributed by atoms with Crippen molar-refractivity contribution in [3.8, 4) is 0 Å². The summed E-state index contributed by atoms with van der Waals surface area (Å²) in [6.45, 7) is 3.89. The lowest BCUT2D eigenvalue weighted by Crippen LogP contribution is -2.33. The molecule has 5 nitrogen and oxygen atoms in total. The molecular weight excluding hydrogens is 323 g/mol. The van der Waals surface area contributed by atoms with E-state index in [1.54, 1.807) is 26.2 Å².